The van der Waals surface area contributed by atoms with E-state index in [9.17, 15) is 0 Å². The highest BCUT2D eigenvalue weighted by Gasteiger charge is 2.56. The minimum absolute atomic E-state index is 0.536. The van der Waals surface area contributed by atoms with Crippen LogP contribution in [0.4, 0.5) is 0 Å². The molecule has 0 spiro atoms. The van der Waals surface area contributed by atoms with E-state index >= 15 is 0 Å². The average Bonchev–Trinajstić information content (AvgIpc) is 2.29. The molecule has 0 aliphatic heterocycles. The van der Waals surface area contributed by atoms with Crippen molar-refractivity contribution in [3.8, 4) is 0 Å². The van der Waals surface area contributed by atoms with Crippen molar-refractivity contribution < 1.29 is 0 Å². The van der Waals surface area contributed by atoms with E-state index in [1.165, 1.54) is 25.7 Å². The summed E-state index contributed by atoms with van der Waals surface area (Å²) in [6, 6.07) is 0. The second-order valence-electron chi connectivity index (χ2n) is 7.91. The zero-order chi connectivity index (χ0) is 11.7. The molecule has 17 heavy (non-hydrogen) atoms. The van der Waals surface area contributed by atoms with Crippen LogP contribution in [-0.2, 0) is 0 Å². The van der Waals surface area contributed by atoms with Crippen molar-refractivity contribution in [2.45, 2.75) is 51.8 Å². The summed E-state index contributed by atoms with van der Waals surface area (Å²) in [5, 5.41) is 0. The topological polar surface area (TPSA) is 0 Å². The van der Waals surface area contributed by atoms with Crippen molar-refractivity contribution >= 4 is 7.85 Å². The normalized spacial score (nSPS) is 64.7. The van der Waals surface area contributed by atoms with E-state index in [4.69, 9.17) is 7.85 Å². The van der Waals surface area contributed by atoms with E-state index in [2.05, 4.69) is 13.8 Å². The van der Waals surface area contributed by atoms with Crippen molar-refractivity contribution in [1.29, 1.82) is 0 Å². The van der Waals surface area contributed by atoms with Gasteiger partial charge in [-0.15, -0.1) is 0 Å². The molecule has 0 saturated heterocycles. The Bertz CT molecular complexity index is 325. The van der Waals surface area contributed by atoms with Crippen molar-refractivity contribution in [3.05, 3.63) is 0 Å². The molecule has 0 aromatic heterocycles. The summed E-state index contributed by atoms with van der Waals surface area (Å²) in [7, 11) is 6.65. The number of hydrogen-bond acceptors (Lipinski definition) is 0. The van der Waals surface area contributed by atoms with Crippen LogP contribution >= 0.6 is 0 Å². The van der Waals surface area contributed by atoms with Gasteiger partial charge in [0.25, 0.3) is 0 Å². The van der Waals surface area contributed by atoms with Crippen molar-refractivity contribution in [2.24, 2.45) is 47.3 Å². The summed E-state index contributed by atoms with van der Waals surface area (Å²) in [5.41, 5.74) is 0. The molecule has 2 radical (unpaired) electrons. The van der Waals surface area contributed by atoms with Gasteiger partial charge in [-0.3, -0.25) is 0 Å². The van der Waals surface area contributed by atoms with Crippen LogP contribution in [0.5, 0.6) is 0 Å². The Hall–Kier alpha value is 0.0649. The first kappa shape index (κ1) is 10.9. The van der Waals surface area contributed by atoms with Crippen LogP contribution in [0.25, 0.3) is 0 Å². The molecule has 4 rings (SSSR count). The van der Waals surface area contributed by atoms with E-state index in [1.54, 1.807) is 6.42 Å². The highest BCUT2D eigenvalue weighted by Crippen LogP contribution is 2.65. The Balaban J connectivity index is 1.76. The molecule has 0 heterocycles. The summed E-state index contributed by atoms with van der Waals surface area (Å²) in [4.78, 5) is 0. The molecule has 0 N–H and O–H groups in total. The first-order valence-electron chi connectivity index (χ1n) is 7.90. The van der Waals surface area contributed by atoms with Crippen LogP contribution in [-0.4, -0.2) is 7.85 Å². The van der Waals surface area contributed by atoms with E-state index in [-0.39, 0.29) is 0 Å². The Labute approximate surface area is 107 Å². The minimum atomic E-state index is 0.536. The smallest absolute Gasteiger partial charge is 0.0707 e. The quantitative estimate of drug-likeness (QED) is 0.551. The van der Waals surface area contributed by atoms with Crippen molar-refractivity contribution in [3.63, 3.8) is 0 Å². The van der Waals surface area contributed by atoms with Crippen LogP contribution in [0.15, 0.2) is 0 Å². The lowest BCUT2D eigenvalue weighted by Crippen LogP contribution is -2.54. The monoisotopic (exact) mass is 228 g/mol. The lowest BCUT2D eigenvalue weighted by atomic mass is 9.40. The third-order valence-electron chi connectivity index (χ3n) is 7.14. The summed E-state index contributed by atoms with van der Waals surface area (Å²) < 4.78 is 0. The van der Waals surface area contributed by atoms with Gasteiger partial charge in [0.05, 0.1) is 7.85 Å². The van der Waals surface area contributed by atoms with Gasteiger partial charge < -0.3 is 0 Å². The highest BCUT2D eigenvalue weighted by atomic mass is 14.6. The third kappa shape index (κ3) is 1.38. The first-order valence-corrected chi connectivity index (χ1v) is 7.90. The summed E-state index contributed by atoms with van der Waals surface area (Å²) in [6.07, 6.45) is 7.49. The molecule has 1 heteroatoms. The van der Waals surface area contributed by atoms with E-state index in [1.807, 2.05) is 0 Å². The van der Waals surface area contributed by atoms with Crippen LogP contribution in [0.2, 0.25) is 5.82 Å². The first-order chi connectivity index (χ1) is 8.15. The fraction of sp³-hybridized carbons (Fsp3) is 1.00. The maximum atomic E-state index is 6.65. The van der Waals surface area contributed by atoms with Gasteiger partial charge in [-0.1, -0.05) is 19.7 Å². The molecule has 0 aromatic carbocycles. The molecular formula is C16H25B. The molecule has 4 fully saturated rings. The molecular weight excluding hydrogens is 203 g/mol. The zero-order valence-electron chi connectivity index (χ0n) is 11.3. The number of fused-ring (bicyclic) bond motifs is 2. The summed E-state index contributed by atoms with van der Waals surface area (Å²) in [5.74, 6) is 8.35. The standard InChI is InChI=1S/C16H25B/c1-8-4-11-7-13-12(8)5-10-3-9(2)15(16(11)17)14(13)6-10/h8-16H,3-7H2,1-2H3. The third-order valence-corrected chi connectivity index (χ3v) is 7.14. The molecule has 4 saturated carbocycles. The maximum Gasteiger partial charge on any atom is 0.0707 e. The van der Waals surface area contributed by atoms with Gasteiger partial charge in [-0.05, 0) is 79.4 Å². The largest absolute Gasteiger partial charge is 0.0713 e. The molecule has 9 unspecified atom stereocenters. The van der Waals surface area contributed by atoms with Crippen LogP contribution < -0.4 is 0 Å². The zero-order valence-corrected chi connectivity index (χ0v) is 11.3. The molecule has 4 bridgehead atoms. The predicted molar refractivity (Wildman–Crippen MR) is 71.9 cm³/mol. The van der Waals surface area contributed by atoms with Gasteiger partial charge in [0, 0.05) is 0 Å². The van der Waals surface area contributed by atoms with Gasteiger partial charge in [-0.2, -0.15) is 0 Å². The van der Waals surface area contributed by atoms with E-state index in [0.29, 0.717) is 5.82 Å². The molecule has 9 atom stereocenters. The lowest BCUT2D eigenvalue weighted by Gasteiger charge is -2.63. The Morgan fingerprint density at radius 1 is 0.765 bits per heavy atom. The summed E-state index contributed by atoms with van der Waals surface area (Å²) >= 11 is 0. The SMILES string of the molecule is [B]C1C2CC(C)C3CC4CC(C)C1C(C4)C3C2. The van der Waals surface area contributed by atoms with Crippen LogP contribution in [0, 0.1) is 47.3 Å². The molecule has 92 valence electrons. The predicted octanol–water partition coefficient (Wildman–Crippen LogP) is 3.92. The molecule has 4 aliphatic rings. The average molecular weight is 228 g/mol. The number of rotatable bonds is 0. The lowest BCUT2D eigenvalue weighted by molar-refractivity contribution is -0.105. The Morgan fingerprint density at radius 3 is 2.35 bits per heavy atom. The van der Waals surface area contributed by atoms with Crippen molar-refractivity contribution in [1.82, 2.24) is 0 Å². The molecule has 0 amide bonds. The summed E-state index contributed by atoms with van der Waals surface area (Å²) in [6.45, 7) is 5.01. The molecule has 0 aromatic rings. The van der Waals surface area contributed by atoms with Gasteiger partial charge >= 0.3 is 0 Å². The highest BCUT2D eigenvalue weighted by molar-refractivity contribution is 6.12. The number of hydrogen-bond donors (Lipinski definition) is 0. The minimum Gasteiger partial charge on any atom is -0.0713 e. The van der Waals surface area contributed by atoms with Crippen molar-refractivity contribution in [2.75, 3.05) is 0 Å². The van der Waals surface area contributed by atoms with Crippen LogP contribution in [0.3, 0.4) is 0 Å². The maximum absolute atomic E-state index is 6.65. The second-order valence-corrected chi connectivity index (χ2v) is 7.91. The molecule has 0 nitrogen and oxygen atoms in total. The van der Waals surface area contributed by atoms with Gasteiger partial charge in [0.1, 0.15) is 0 Å². The second kappa shape index (κ2) is 3.55. The van der Waals surface area contributed by atoms with E-state index in [0.717, 1.165) is 47.3 Å². The Morgan fingerprint density at radius 2 is 1.53 bits per heavy atom. The fourth-order valence-electron chi connectivity index (χ4n) is 6.67. The van der Waals surface area contributed by atoms with Gasteiger partial charge in [-0.25, -0.2) is 0 Å². The van der Waals surface area contributed by atoms with E-state index < -0.39 is 0 Å². The molecule has 4 aliphatic carbocycles. The van der Waals surface area contributed by atoms with Gasteiger partial charge in [0.15, 0.2) is 0 Å². The van der Waals surface area contributed by atoms with Crippen LogP contribution in [0.1, 0.15) is 46.0 Å². The van der Waals surface area contributed by atoms with Gasteiger partial charge in [0.2, 0.25) is 0 Å². The fourth-order valence-corrected chi connectivity index (χ4v) is 6.67. The Kier molecular flexibility index (Phi) is 2.28.